The highest BCUT2D eigenvalue weighted by Gasteiger charge is 1.97. The van der Waals surface area contributed by atoms with Gasteiger partial charge in [-0.1, -0.05) is 18.2 Å². The Morgan fingerprint density at radius 1 is 1.35 bits per heavy atom. The van der Waals surface area contributed by atoms with Gasteiger partial charge in [0.2, 0.25) is 5.91 Å². The van der Waals surface area contributed by atoms with Crippen molar-refractivity contribution in [3.63, 3.8) is 0 Å². The number of rotatable bonds is 5. The van der Waals surface area contributed by atoms with Crippen LogP contribution in [0.3, 0.4) is 0 Å². The van der Waals surface area contributed by atoms with E-state index in [1.165, 1.54) is 11.0 Å². The van der Waals surface area contributed by atoms with Crippen LogP contribution >= 0.6 is 11.3 Å². The predicted molar refractivity (Wildman–Crippen MR) is 81.2 cm³/mol. The predicted octanol–water partition coefficient (Wildman–Crippen LogP) is 2.99. The van der Waals surface area contributed by atoms with E-state index >= 15 is 0 Å². The van der Waals surface area contributed by atoms with Crippen LogP contribution in [0.25, 0.3) is 6.08 Å². The molecule has 0 saturated carbocycles. The van der Waals surface area contributed by atoms with Crippen LogP contribution in [-0.4, -0.2) is 12.5 Å². The molecule has 0 atom stereocenters. The number of benzene rings is 1. The summed E-state index contributed by atoms with van der Waals surface area (Å²) in [5.41, 5.74) is 1.43. The first-order chi connectivity index (χ1) is 9.78. The lowest BCUT2D eigenvalue weighted by molar-refractivity contribution is -0.116. The van der Waals surface area contributed by atoms with Gasteiger partial charge in [-0.15, -0.1) is 11.3 Å². The Balaban J connectivity index is 1.81. The summed E-state index contributed by atoms with van der Waals surface area (Å²) in [6, 6.07) is 13.3. The van der Waals surface area contributed by atoms with Crippen molar-refractivity contribution < 1.29 is 4.79 Å². The molecule has 0 bridgehead atoms. The fraction of sp³-hybridized carbons (Fsp3) is 0.125. The van der Waals surface area contributed by atoms with Gasteiger partial charge in [0.1, 0.15) is 0 Å². The Morgan fingerprint density at radius 3 is 3.00 bits per heavy atom. The Hall–Kier alpha value is -2.38. The zero-order valence-corrected chi connectivity index (χ0v) is 11.7. The van der Waals surface area contributed by atoms with Crippen LogP contribution in [0.15, 0.2) is 47.9 Å². The molecular formula is C16H14N2OS. The molecule has 0 spiro atoms. The summed E-state index contributed by atoms with van der Waals surface area (Å²) in [5, 5.41) is 13.7. The number of carbonyl (C=O) groups excluding carboxylic acids is 1. The summed E-state index contributed by atoms with van der Waals surface area (Å²) in [5.74, 6) is -0.121. The largest absolute Gasteiger partial charge is 0.352 e. The maximum absolute atomic E-state index is 11.6. The van der Waals surface area contributed by atoms with Gasteiger partial charge in [0, 0.05) is 17.5 Å². The van der Waals surface area contributed by atoms with Gasteiger partial charge in [0.05, 0.1) is 11.6 Å². The van der Waals surface area contributed by atoms with E-state index in [-0.39, 0.29) is 5.91 Å². The Bertz CT molecular complexity index is 639. The lowest BCUT2D eigenvalue weighted by Gasteiger charge is -2.00. The fourth-order valence-corrected chi connectivity index (χ4v) is 2.42. The number of amides is 1. The lowest BCUT2D eigenvalue weighted by Crippen LogP contribution is -2.23. The third kappa shape index (κ3) is 4.38. The molecule has 2 rings (SSSR count). The first-order valence-electron chi connectivity index (χ1n) is 6.26. The molecular weight excluding hydrogens is 268 g/mol. The maximum Gasteiger partial charge on any atom is 0.244 e. The van der Waals surface area contributed by atoms with Crippen LogP contribution in [0.1, 0.15) is 16.0 Å². The van der Waals surface area contributed by atoms with Gasteiger partial charge in [-0.2, -0.15) is 5.26 Å². The van der Waals surface area contributed by atoms with Gasteiger partial charge in [0.25, 0.3) is 0 Å². The minimum Gasteiger partial charge on any atom is -0.352 e. The summed E-state index contributed by atoms with van der Waals surface area (Å²) in [6.45, 7) is 0.627. The maximum atomic E-state index is 11.6. The van der Waals surface area contributed by atoms with Crippen LogP contribution in [0.2, 0.25) is 0 Å². The van der Waals surface area contributed by atoms with E-state index in [1.807, 2.05) is 17.5 Å². The molecule has 20 heavy (non-hydrogen) atoms. The van der Waals surface area contributed by atoms with E-state index in [1.54, 1.807) is 35.6 Å². The summed E-state index contributed by atoms with van der Waals surface area (Å²) < 4.78 is 0. The average molecular weight is 282 g/mol. The molecule has 1 N–H and O–H groups in total. The fourth-order valence-electron chi connectivity index (χ4n) is 1.71. The summed E-state index contributed by atoms with van der Waals surface area (Å²) >= 11 is 1.69. The second-order valence-corrected chi connectivity index (χ2v) is 5.22. The van der Waals surface area contributed by atoms with Gasteiger partial charge in [-0.05, 0) is 41.6 Å². The first kappa shape index (κ1) is 14.0. The van der Waals surface area contributed by atoms with Crippen molar-refractivity contribution in [1.82, 2.24) is 5.32 Å². The third-order valence-electron chi connectivity index (χ3n) is 2.69. The number of thiophene rings is 1. The summed E-state index contributed by atoms with van der Waals surface area (Å²) in [4.78, 5) is 12.9. The van der Waals surface area contributed by atoms with Crippen molar-refractivity contribution in [2.75, 3.05) is 6.54 Å². The lowest BCUT2D eigenvalue weighted by atomic mass is 10.1. The molecule has 0 fully saturated rings. The number of hydrogen-bond donors (Lipinski definition) is 1. The monoisotopic (exact) mass is 282 g/mol. The Labute approximate surface area is 122 Å². The minimum absolute atomic E-state index is 0.121. The van der Waals surface area contributed by atoms with Gasteiger partial charge < -0.3 is 5.32 Å². The van der Waals surface area contributed by atoms with Crippen molar-refractivity contribution in [3.8, 4) is 6.07 Å². The standard InChI is InChI=1S/C16H14N2OS/c17-12-14-4-1-3-13(11-14)6-7-16(19)18-9-8-15-5-2-10-20-15/h1-7,10-11H,8-9H2,(H,18,19). The number of nitrogens with one attached hydrogen (secondary N) is 1. The highest BCUT2D eigenvalue weighted by molar-refractivity contribution is 7.09. The van der Waals surface area contributed by atoms with Gasteiger partial charge in [-0.3, -0.25) is 4.79 Å². The Morgan fingerprint density at radius 2 is 2.25 bits per heavy atom. The molecule has 4 heteroatoms. The molecule has 1 heterocycles. The molecule has 0 aliphatic carbocycles. The number of hydrogen-bond acceptors (Lipinski definition) is 3. The number of nitriles is 1. The molecule has 2 aromatic rings. The van der Waals surface area contributed by atoms with Crippen molar-refractivity contribution in [1.29, 1.82) is 5.26 Å². The molecule has 1 aromatic carbocycles. The van der Waals surface area contributed by atoms with Gasteiger partial charge in [-0.25, -0.2) is 0 Å². The van der Waals surface area contributed by atoms with Crippen LogP contribution in [0.5, 0.6) is 0 Å². The van der Waals surface area contributed by atoms with Crippen molar-refractivity contribution in [2.45, 2.75) is 6.42 Å². The van der Waals surface area contributed by atoms with E-state index in [0.29, 0.717) is 12.1 Å². The van der Waals surface area contributed by atoms with Crippen LogP contribution in [0, 0.1) is 11.3 Å². The quantitative estimate of drug-likeness (QED) is 0.857. The zero-order chi connectivity index (χ0) is 14.2. The van der Waals surface area contributed by atoms with E-state index < -0.39 is 0 Å². The minimum atomic E-state index is -0.121. The zero-order valence-electron chi connectivity index (χ0n) is 10.9. The Kier molecular flexibility index (Phi) is 5.10. The van der Waals surface area contributed by atoms with Crippen molar-refractivity contribution >= 4 is 23.3 Å². The molecule has 0 unspecified atom stereocenters. The number of nitrogens with zero attached hydrogens (tertiary/aromatic N) is 1. The first-order valence-corrected chi connectivity index (χ1v) is 7.14. The second kappa shape index (κ2) is 7.27. The smallest absolute Gasteiger partial charge is 0.244 e. The van der Waals surface area contributed by atoms with E-state index in [2.05, 4.69) is 17.5 Å². The molecule has 100 valence electrons. The van der Waals surface area contributed by atoms with Gasteiger partial charge in [0.15, 0.2) is 0 Å². The summed E-state index contributed by atoms with van der Waals surface area (Å²) in [7, 11) is 0. The molecule has 0 aliphatic heterocycles. The van der Waals surface area contributed by atoms with E-state index in [9.17, 15) is 4.79 Å². The van der Waals surface area contributed by atoms with E-state index in [4.69, 9.17) is 5.26 Å². The average Bonchev–Trinajstić information content (AvgIpc) is 2.98. The molecule has 3 nitrogen and oxygen atoms in total. The van der Waals surface area contributed by atoms with Crippen LogP contribution in [0.4, 0.5) is 0 Å². The normalized spacial score (nSPS) is 10.3. The molecule has 1 amide bonds. The van der Waals surface area contributed by atoms with Gasteiger partial charge >= 0.3 is 0 Å². The molecule has 0 radical (unpaired) electrons. The van der Waals surface area contributed by atoms with Crippen LogP contribution in [-0.2, 0) is 11.2 Å². The highest BCUT2D eigenvalue weighted by atomic mass is 32.1. The molecule has 1 aromatic heterocycles. The highest BCUT2D eigenvalue weighted by Crippen LogP contribution is 2.08. The van der Waals surface area contributed by atoms with Crippen molar-refractivity contribution in [2.24, 2.45) is 0 Å². The SMILES string of the molecule is N#Cc1cccc(C=CC(=O)NCCc2cccs2)c1. The number of carbonyl (C=O) groups is 1. The molecule has 0 saturated heterocycles. The molecule has 0 aliphatic rings. The topological polar surface area (TPSA) is 52.9 Å². The van der Waals surface area contributed by atoms with E-state index in [0.717, 1.165) is 12.0 Å². The van der Waals surface area contributed by atoms with Crippen LogP contribution < -0.4 is 5.32 Å². The summed E-state index contributed by atoms with van der Waals surface area (Å²) in [6.07, 6.45) is 4.05. The second-order valence-electron chi connectivity index (χ2n) is 4.19. The van der Waals surface area contributed by atoms with Crippen molar-refractivity contribution in [3.05, 3.63) is 63.9 Å². The third-order valence-corrected chi connectivity index (χ3v) is 3.63.